The van der Waals surface area contributed by atoms with Crippen molar-refractivity contribution in [1.29, 1.82) is 0 Å². The van der Waals surface area contributed by atoms with Crippen molar-refractivity contribution < 1.29 is 24.5 Å². The summed E-state index contributed by atoms with van der Waals surface area (Å²) in [6, 6.07) is -0.133. The van der Waals surface area contributed by atoms with Crippen LogP contribution in [-0.4, -0.2) is 41.2 Å². The Morgan fingerprint density at radius 2 is 1.20 bits per heavy atom. The summed E-state index contributed by atoms with van der Waals surface area (Å²) in [4.78, 5) is 41.8. The van der Waals surface area contributed by atoms with Gasteiger partial charge in [0, 0.05) is 12.1 Å². The van der Waals surface area contributed by atoms with E-state index in [1.54, 1.807) is 27.7 Å². The van der Waals surface area contributed by atoms with E-state index in [0.29, 0.717) is 0 Å². The van der Waals surface area contributed by atoms with Gasteiger partial charge in [0.05, 0.1) is 0 Å². The SMILES string of the molecule is CC(C)N(C(C)C)[P+](O)(O)O.NP(O)O. The summed E-state index contributed by atoms with van der Waals surface area (Å²) in [5.41, 5.74) is 4.29. The molecule has 15 heavy (non-hydrogen) atoms. The summed E-state index contributed by atoms with van der Waals surface area (Å²) in [5.74, 6) is 0. The Hall–Kier alpha value is 0.580. The molecule has 94 valence electrons. The molecule has 0 aromatic heterocycles. The first-order valence-corrected chi connectivity index (χ1v) is 7.20. The van der Waals surface area contributed by atoms with Gasteiger partial charge >= 0.3 is 8.09 Å². The monoisotopic (exact) mass is 263 g/mol. The maximum absolute atomic E-state index is 8.97. The van der Waals surface area contributed by atoms with Crippen LogP contribution in [0.3, 0.4) is 0 Å². The molecule has 0 aromatic rings. The molecule has 7 nitrogen and oxygen atoms in total. The molecule has 0 aliphatic heterocycles. The summed E-state index contributed by atoms with van der Waals surface area (Å²) in [7, 11) is -5.93. The second kappa shape index (κ2) is 7.79. The molecule has 0 amide bonds. The third-order valence-corrected chi connectivity index (χ3v) is 2.91. The van der Waals surface area contributed by atoms with Crippen LogP contribution in [0.25, 0.3) is 0 Å². The zero-order valence-corrected chi connectivity index (χ0v) is 11.1. The molecule has 0 fully saturated rings. The van der Waals surface area contributed by atoms with Crippen LogP contribution in [0.2, 0.25) is 0 Å². The highest BCUT2D eigenvalue weighted by molar-refractivity contribution is 7.56. The maximum Gasteiger partial charge on any atom is 0.497 e. The molecule has 9 heteroatoms. The van der Waals surface area contributed by atoms with Crippen molar-refractivity contribution in [3.8, 4) is 0 Å². The third kappa shape index (κ3) is 10.9. The van der Waals surface area contributed by atoms with Crippen LogP contribution >= 0.6 is 16.6 Å². The smallest absolute Gasteiger partial charge is 0.338 e. The average Bonchev–Trinajstić information content (AvgIpc) is 1.76. The fourth-order valence-electron chi connectivity index (χ4n) is 1.22. The van der Waals surface area contributed by atoms with E-state index in [9.17, 15) is 0 Å². The van der Waals surface area contributed by atoms with Crippen molar-refractivity contribution in [3.05, 3.63) is 0 Å². The van der Waals surface area contributed by atoms with E-state index < -0.39 is 16.6 Å². The van der Waals surface area contributed by atoms with Crippen LogP contribution < -0.4 is 5.50 Å². The minimum absolute atomic E-state index is 0.0664. The van der Waals surface area contributed by atoms with Gasteiger partial charge in [-0.2, -0.15) is 14.7 Å². The van der Waals surface area contributed by atoms with Gasteiger partial charge in [-0.3, -0.25) is 5.50 Å². The topological polar surface area (TPSA) is 130 Å². The molecular weight excluding hydrogens is 242 g/mol. The van der Waals surface area contributed by atoms with Crippen molar-refractivity contribution in [1.82, 2.24) is 4.67 Å². The van der Waals surface area contributed by atoms with Crippen LogP contribution in [0.5, 0.6) is 0 Å². The van der Waals surface area contributed by atoms with E-state index in [-0.39, 0.29) is 12.1 Å². The van der Waals surface area contributed by atoms with Crippen LogP contribution in [0, 0.1) is 0 Å². The van der Waals surface area contributed by atoms with Gasteiger partial charge in [-0.1, -0.05) is 4.67 Å². The Morgan fingerprint density at radius 1 is 1.00 bits per heavy atom. The van der Waals surface area contributed by atoms with Crippen molar-refractivity contribution in [2.45, 2.75) is 39.8 Å². The van der Waals surface area contributed by atoms with Crippen molar-refractivity contribution in [2.24, 2.45) is 5.50 Å². The molecular formula is C6H21N2O5P2+. The standard InChI is InChI=1S/C6H17NO3P.H4NO2P/c1-5(2)7(6(3)4)11(8,9)10;1-4(2)3/h5-6,8-10H,1-4H3;2-3H,1H2/q+1;. The minimum Gasteiger partial charge on any atom is -0.338 e. The Bertz CT molecular complexity index is 151. The molecule has 0 heterocycles. The zero-order valence-electron chi connectivity index (χ0n) is 9.31. The molecule has 0 atom stereocenters. The predicted octanol–water partition coefficient (Wildman–Crippen LogP) is -0.0837. The predicted molar refractivity (Wildman–Crippen MR) is 61.2 cm³/mol. The van der Waals surface area contributed by atoms with E-state index in [1.807, 2.05) is 0 Å². The van der Waals surface area contributed by atoms with Crippen molar-refractivity contribution in [3.63, 3.8) is 0 Å². The average molecular weight is 263 g/mol. The molecule has 0 aliphatic carbocycles. The first-order chi connectivity index (χ1) is 6.50. The van der Waals surface area contributed by atoms with Crippen LogP contribution in [0.1, 0.15) is 27.7 Å². The number of rotatable bonds is 3. The highest BCUT2D eigenvalue weighted by Crippen LogP contribution is 2.51. The third-order valence-electron chi connectivity index (χ3n) is 1.37. The summed E-state index contributed by atoms with van der Waals surface area (Å²) in [6.45, 7) is 7.21. The van der Waals surface area contributed by atoms with E-state index in [4.69, 9.17) is 24.5 Å². The van der Waals surface area contributed by atoms with Crippen LogP contribution in [-0.2, 0) is 0 Å². The minimum atomic E-state index is -3.80. The molecule has 0 unspecified atom stereocenters. The number of nitrogens with zero attached hydrogens (tertiary/aromatic N) is 1. The fourth-order valence-corrected chi connectivity index (χ4v) is 2.46. The Kier molecular flexibility index (Phi) is 9.33. The Morgan fingerprint density at radius 3 is 1.20 bits per heavy atom. The van der Waals surface area contributed by atoms with Gasteiger partial charge in [-0.05, 0) is 27.7 Å². The van der Waals surface area contributed by atoms with E-state index in [1.165, 1.54) is 4.67 Å². The summed E-state index contributed by atoms with van der Waals surface area (Å²) >= 11 is 0. The largest absolute Gasteiger partial charge is 0.497 e. The van der Waals surface area contributed by atoms with Gasteiger partial charge in [0.1, 0.15) is 0 Å². The normalized spacial score (nSPS) is 12.4. The molecule has 7 N–H and O–H groups in total. The fraction of sp³-hybridized carbons (Fsp3) is 1.00. The van der Waals surface area contributed by atoms with Gasteiger partial charge in [0.2, 0.25) is 8.53 Å². The zero-order chi connectivity index (χ0) is 12.8. The number of nitrogens with two attached hydrogens (primary N) is 1. The molecule has 0 aromatic carbocycles. The highest BCUT2D eigenvalue weighted by atomic mass is 31.2. The summed E-state index contributed by atoms with van der Waals surface area (Å²) in [6.07, 6.45) is 0. The molecule has 0 bridgehead atoms. The number of hydrogen-bond acceptors (Lipinski definition) is 7. The molecule has 0 saturated carbocycles. The van der Waals surface area contributed by atoms with Gasteiger partial charge in [-0.15, -0.1) is 0 Å². The summed E-state index contributed by atoms with van der Waals surface area (Å²) < 4.78 is 1.30. The molecule has 0 aliphatic rings. The van der Waals surface area contributed by atoms with Crippen molar-refractivity contribution in [2.75, 3.05) is 0 Å². The first-order valence-electron chi connectivity index (χ1n) is 4.28. The first kappa shape index (κ1) is 18.0. The summed E-state index contributed by atoms with van der Waals surface area (Å²) in [5, 5.41) is 0. The lowest BCUT2D eigenvalue weighted by atomic mass is 10.3. The lowest BCUT2D eigenvalue weighted by molar-refractivity contribution is 0.181. The maximum atomic E-state index is 8.97. The number of hydrogen-bond donors (Lipinski definition) is 6. The Labute approximate surface area is 91.8 Å². The van der Waals surface area contributed by atoms with Gasteiger partial charge < -0.3 is 9.79 Å². The molecule has 0 rings (SSSR count). The quantitative estimate of drug-likeness (QED) is 0.392. The van der Waals surface area contributed by atoms with Gasteiger partial charge in [0.25, 0.3) is 0 Å². The van der Waals surface area contributed by atoms with Crippen LogP contribution in [0.4, 0.5) is 0 Å². The van der Waals surface area contributed by atoms with E-state index >= 15 is 0 Å². The lowest BCUT2D eigenvalue weighted by Crippen LogP contribution is -2.36. The van der Waals surface area contributed by atoms with Crippen LogP contribution in [0.15, 0.2) is 0 Å². The Balaban J connectivity index is 0. The van der Waals surface area contributed by atoms with Gasteiger partial charge in [-0.25, -0.2) is 0 Å². The van der Waals surface area contributed by atoms with E-state index in [2.05, 4.69) is 5.50 Å². The molecule has 0 saturated heterocycles. The van der Waals surface area contributed by atoms with E-state index in [0.717, 1.165) is 0 Å². The second-order valence-electron chi connectivity index (χ2n) is 3.42. The second-order valence-corrected chi connectivity index (χ2v) is 5.60. The highest BCUT2D eigenvalue weighted by Gasteiger charge is 2.44. The molecule has 0 spiro atoms. The van der Waals surface area contributed by atoms with Gasteiger partial charge in [0.15, 0.2) is 0 Å². The lowest BCUT2D eigenvalue weighted by Gasteiger charge is -2.27. The van der Waals surface area contributed by atoms with Crippen molar-refractivity contribution >= 4 is 16.6 Å². The molecule has 0 radical (unpaired) electrons.